The van der Waals surface area contributed by atoms with Crippen molar-refractivity contribution in [2.45, 2.75) is 45.3 Å². The molecule has 1 atom stereocenters. The second kappa shape index (κ2) is 5.12. The second-order valence-corrected chi connectivity index (χ2v) is 4.55. The van der Waals surface area contributed by atoms with Gasteiger partial charge in [0.2, 0.25) is 5.91 Å². The molecule has 1 rings (SSSR count). The van der Waals surface area contributed by atoms with Crippen molar-refractivity contribution in [1.29, 1.82) is 0 Å². The number of hydrogen-bond acceptors (Lipinski definition) is 3. The molecule has 0 aromatic carbocycles. The molecule has 0 aliphatic carbocycles. The summed E-state index contributed by atoms with van der Waals surface area (Å²) in [5.41, 5.74) is 4.76. The molecule has 1 heterocycles. The monoisotopic (exact) mass is 224 g/mol. The summed E-state index contributed by atoms with van der Waals surface area (Å²) in [6, 6.07) is 0.222. The van der Waals surface area contributed by atoms with Crippen LogP contribution in [0.15, 0.2) is 18.7 Å². The van der Waals surface area contributed by atoms with Crippen LogP contribution in [0.3, 0.4) is 0 Å². The van der Waals surface area contributed by atoms with Crippen LogP contribution in [0.4, 0.5) is 0 Å². The number of nitrogens with one attached hydrogen (secondary N) is 1. The number of nitrogens with zero attached hydrogens (tertiary/aromatic N) is 2. The number of rotatable bonds is 6. The van der Waals surface area contributed by atoms with Gasteiger partial charge in [-0.3, -0.25) is 4.79 Å². The van der Waals surface area contributed by atoms with Crippen molar-refractivity contribution >= 4 is 5.91 Å². The molecule has 5 nitrogen and oxygen atoms in total. The maximum atomic E-state index is 11.5. The first-order chi connectivity index (χ1) is 7.44. The molecule has 0 saturated carbocycles. The lowest BCUT2D eigenvalue weighted by atomic mass is 9.96. The molecule has 3 N–H and O–H groups in total. The molecule has 5 heteroatoms. The smallest absolute Gasteiger partial charge is 0.237 e. The maximum Gasteiger partial charge on any atom is 0.237 e. The van der Waals surface area contributed by atoms with Crippen molar-refractivity contribution in [3.8, 4) is 0 Å². The van der Waals surface area contributed by atoms with E-state index < -0.39 is 5.54 Å². The van der Waals surface area contributed by atoms with Crippen molar-refractivity contribution in [3.63, 3.8) is 0 Å². The van der Waals surface area contributed by atoms with Crippen LogP contribution in [-0.2, 0) is 11.3 Å². The zero-order valence-electron chi connectivity index (χ0n) is 10.1. The van der Waals surface area contributed by atoms with Gasteiger partial charge in [-0.15, -0.1) is 0 Å². The predicted octanol–water partition coefficient (Wildman–Crippen LogP) is 0.515. The molecule has 1 aromatic heterocycles. The Morgan fingerprint density at radius 1 is 1.62 bits per heavy atom. The molecular formula is C11H20N4O. The number of amides is 1. The van der Waals surface area contributed by atoms with E-state index in [-0.39, 0.29) is 11.9 Å². The molecule has 0 spiro atoms. The van der Waals surface area contributed by atoms with Gasteiger partial charge in [0.1, 0.15) is 0 Å². The molecule has 1 aromatic rings. The van der Waals surface area contributed by atoms with Crippen molar-refractivity contribution in [2.24, 2.45) is 5.73 Å². The van der Waals surface area contributed by atoms with Gasteiger partial charge in [-0.2, -0.15) is 0 Å². The Kier molecular flexibility index (Phi) is 4.06. The van der Waals surface area contributed by atoms with Gasteiger partial charge >= 0.3 is 0 Å². The van der Waals surface area contributed by atoms with Crippen LogP contribution < -0.4 is 11.1 Å². The predicted molar refractivity (Wildman–Crippen MR) is 62.7 cm³/mol. The SMILES string of the molecule is CC(C)NC(C)(CCn1ccnc1)C(N)=O. The van der Waals surface area contributed by atoms with Gasteiger partial charge in [-0.1, -0.05) is 0 Å². The molecule has 0 fully saturated rings. The normalized spacial score (nSPS) is 15.0. The second-order valence-electron chi connectivity index (χ2n) is 4.55. The van der Waals surface area contributed by atoms with Crippen LogP contribution in [0.2, 0.25) is 0 Å². The topological polar surface area (TPSA) is 72.9 Å². The lowest BCUT2D eigenvalue weighted by Crippen LogP contribution is -2.55. The van der Waals surface area contributed by atoms with E-state index in [0.29, 0.717) is 6.42 Å². The fourth-order valence-electron chi connectivity index (χ4n) is 1.68. The Balaban J connectivity index is 2.61. The summed E-state index contributed by atoms with van der Waals surface area (Å²) in [6.07, 6.45) is 5.97. The summed E-state index contributed by atoms with van der Waals surface area (Å²) >= 11 is 0. The Morgan fingerprint density at radius 2 is 2.31 bits per heavy atom. The van der Waals surface area contributed by atoms with Crippen LogP contribution in [-0.4, -0.2) is 27.0 Å². The van der Waals surface area contributed by atoms with Crippen molar-refractivity contribution < 1.29 is 4.79 Å². The first-order valence-electron chi connectivity index (χ1n) is 5.47. The summed E-state index contributed by atoms with van der Waals surface area (Å²) < 4.78 is 1.93. The number of hydrogen-bond donors (Lipinski definition) is 2. The first-order valence-corrected chi connectivity index (χ1v) is 5.47. The number of nitrogens with two attached hydrogens (primary N) is 1. The highest BCUT2D eigenvalue weighted by Crippen LogP contribution is 2.12. The van der Waals surface area contributed by atoms with Gasteiger partial charge in [0.15, 0.2) is 0 Å². The summed E-state index contributed by atoms with van der Waals surface area (Å²) in [6.45, 7) is 6.56. The molecule has 0 aliphatic rings. The van der Waals surface area contributed by atoms with Crippen molar-refractivity contribution in [1.82, 2.24) is 14.9 Å². The molecule has 0 aliphatic heterocycles. The molecule has 90 valence electrons. The maximum absolute atomic E-state index is 11.5. The Bertz CT molecular complexity index is 334. The van der Waals surface area contributed by atoms with E-state index in [1.54, 1.807) is 12.5 Å². The Morgan fingerprint density at radius 3 is 2.75 bits per heavy atom. The third-order valence-electron chi connectivity index (χ3n) is 2.58. The van der Waals surface area contributed by atoms with Crippen LogP contribution in [0, 0.1) is 0 Å². The minimum Gasteiger partial charge on any atom is -0.368 e. The van der Waals surface area contributed by atoms with E-state index in [2.05, 4.69) is 10.3 Å². The zero-order chi connectivity index (χ0) is 12.2. The first kappa shape index (κ1) is 12.7. The minimum atomic E-state index is -0.668. The van der Waals surface area contributed by atoms with Crippen molar-refractivity contribution in [2.75, 3.05) is 0 Å². The summed E-state index contributed by atoms with van der Waals surface area (Å²) in [7, 11) is 0. The Hall–Kier alpha value is -1.36. The minimum absolute atomic E-state index is 0.222. The van der Waals surface area contributed by atoms with Gasteiger partial charge in [-0.05, 0) is 27.2 Å². The Labute approximate surface area is 96.0 Å². The number of imidazole rings is 1. The number of aryl methyl sites for hydroxylation is 1. The largest absolute Gasteiger partial charge is 0.368 e. The lowest BCUT2D eigenvalue weighted by Gasteiger charge is -2.29. The van der Waals surface area contributed by atoms with E-state index in [1.165, 1.54) is 0 Å². The molecule has 1 amide bonds. The number of carbonyl (C=O) groups excluding carboxylic acids is 1. The highest BCUT2D eigenvalue weighted by atomic mass is 16.1. The number of carbonyl (C=O) groups is 1. The fraction of sp³-hybridized carbons (Fsp3) is 0.636. The van der Waals surface area contributed by atoms with Crippen molar-refractivity contribution in [3.05, 3.63) is 18.7 Å². The third kappa shape index (κ3) is 3.34. The van der Waals surface area contributed by atoms with Gasteiger partial charge in [0.05, 0.1) is 11.9 Å². The molecule has 0 saturated heterocycles. The van der Waals surface area contributed by atoms with E-state index in [1.807, 2.05) is 31.5 Å². The van der Waals surface area contributed by atoms with Gasteiger partial charge < -0.3 is 15.6 Å². The van der Waals surface area contributed by atoms with Gasteiger partial charge in [-0.25, -0.2) is 4.98 Å². The number of primary amides is 1. The van der Waals surface area contributed by atoms with Crippen LogP contribution in [0.5, 0.6) is 0 Å². The van der Waals surface area contributed by atoms with E-state index in [4.69, 9.17) is 5.73 Å². The van der Waals surface area contributed by atoms with Gasteiger partial charge in [0, 0.05) is 25.0 Å². The lowest BCUT2D eigenvalue weighted by molar-refractivity contribution is -0.124. The molecule has 16 heavy (non-hydrogen) atoms. The van der Waals surface area contributed by atoms with Crippen LogP contribution in [0.1, 0.15) is 27.2 Å². The molecular weight excluding hydrogens is 204 g/mol. The summed E-state index contributed by atoms with van der Waals surface area (Å²) in [4.78, 5) is 15.4. The summed E-state index contributed by atoms with van der Waals surface area (Å²) in [5.74, 6) is -0.318. The molecule has 0 radical (unpaired) electrons. The quantitative estimate of drug-likeness (QED) is 0.739. The standard InChI is InChI=1S/C11H20N4O/c1-9(2)14-11(3,10(12)16)4-6-15-7-5-13-8-15/h5,7-9,14H,4,6H2,1-3H3,(H2,12,16). The van der Waals surface area contributed by atoms with Crippen LogP contribution in [0.25, 0.3) is 0 Å². The van der Waals surface area contributed by atoms with E-state index in [0.717, 1.165) is 6.54 Å². The molecule has 1 unspecified atom stereocenters. The van der Waals surface area contributed by atoms with E-state index in [9.17, 15) is 4.79 Å². The van der Waals surface area contributed by atoms with Gasteiger partial charge in [0.25, 0.3) is 0 Å². The van der Waals surface area contributed by atoms with Crippen LogP contribution >= 0.6 is 0 Å². The average molecular weight is 224 g/mol. The van der Waals surface area contributed by atoms with E-state index >= 15 is 0 Å². The highest BCUT2D eigenvalue weighted by molar-refractivity contribution is 5.84. The molecule has 0 bridgehead atoms. The fourth-order valence-corrected chi connectivity index (χ4v) is 1.68. The number of aromatic nitrogens is 2. The average Bonchev–Trinajstić information content (AvgIpc) is 2.65. The zero-order valence-corrected chi connectivity index (χ0v) is 10.1. The summed E-state index contributed by atoms with van der Waals surface area (Å²) in [5, 5.41) is 3.21. The third-order valence-corrected chi connectivity index (χ3v) is 2.58. The highest BCUT2D eigenvalue weighted by Gasteiger charge is 2.30.